The van der Waals surface area contributed by atoms with Crippen molar-refractivity contribution in [3.63, 3.8) is 0 Å². The number of likely N-dealkylation sites (N-methyl/N-ethyl adjacent to an activating group) is 1. The maximum atomic E-state index is 12.8. The molecule has 0 aromatic carbocycles. The van der Waals surface area contributed by atoms with Crippen molar-refractivity contribution in [2.75, 3.05) is 54.1 Å². The fourth-order valence-corrected chi connectivity index (χ4v) is 7.48. The first-order valence-electron chi connectivity index (χ1n) is 26.6. The Balaban J connectivity index is 4.25. The molecule has 2 unspecified atom stereocenters. The molecule has 0 saturated heterocycles. The maximum absolute atomic E-state index is 12.8. The van der Waals surface area contributed by atoms with Crippen LogP contribution in [0.5, 0.6) is 0 Å². The van der Waals surface area contributed by atoms with Crippen LogP contribution in [0.4, 0.5) is 0 Å². The third-order valence-corrected chi connectivity index (χ3v) is 11.8. The summed E-state index contributed by atoms with van der Waals surface area (Å²) < 4.78 is 35.1. The van der Waals surface area contributed by atoms with Crippen molar-refractivity contribution in [1.82, 2.24) is 0 Å². The van der Waals surface area contributed by atoms with Crippen LogP contribution in [0.3, 0.4) is 0 Å². The van der Waals surface area contributed by atoms with E-state index in [9.17, 15) is 14.3 Å². The van der Waals surface area contributed by atoms with Gasteiger partial charge in [0.1, 0.15) is 19.3 Å². The number of hydrogen-bond acceptors (Lipinski definition) is 6. The van der Waals surface area contributed by atoms with Gasteiger partial charge in [-0.2, -0.15) is 0 Å². The van der Waals surface area contributed by atoms with E-state index in [0.717, 1.165) is 103 Å². The van der Waals surface area contributed by atoms with Crippen LogP contribution in [-0.2, 0) is 27.9 Å². The molecule has 0 aromatic heterocycles. The second kappa shape index (κ2) is 49.6. The molecule has 0 spiro atoms. The molecular formula is C58H101NO7P+. The number of unbranched alkanes of at least 4 members (excludes halogenated alkanes) is 16. The van der Waals surface area contributed by atoms with Gasteiger partial charge in [-0.3, -0.25) is 13.8 Å². The zero-order valence-corrected chi connectivity index (χ0v) is 44.5. The van der Waals surface area contributed by atoms with Crippen LogP contribution in [0.15, 0.2) is 109 Å². The maximum Gasteiger partial charge on any atom is 0.472 e. The number of carbonyl (C=O) groups is 1. The van der Waals surface area contributed by atoms with Crippen molar-refractivity contribution in [2.24, 2.45) is 0 Å². The van der Waals surface area contributed by atoms with E-state index in [2.05, 4.69) is 123 Å². The molecule has 9 heteroatoms. The Morgan fingerprint density at radius 3 is 1.30 bits per heavy atom. The molecule has 1 N–H and O–H groups in total. The van der Waals surface area contributed by atoms with Crippen LogP contribution in [0, 0.1) is 0 Å². The average molecular weight is 955 g/mol. The van der Waals surface area contributed by atoms with Gasteiger partial charge in [0.25, 0.3) is 0 Å². The number of phosphoric acid groups is 1. The van der Waals surface area contributed by atoms with Crippen LogP contribution >= 0.6 is 7.82 Å². The number of phosphoric ester groups is 1. The molecule has 0 amide bonds. The zero-order valence-electron chi connectivity index (χ0n) is 43.6. The number of quaternary nitrogens is 1. The number of allylic oxidation sites excluding steroid dienone is 18. The highest BCUT2D eigenvalue weighted by Gasteiger charge is 2.26. The molecule has 0 radical (unpaired) electrons. The first-order chi connectivity index (χ1) is 32.6. The van der Waals surface area contributed by atoms with Crippen LogP contribution in [0.2, 0.25) is 0 Å². The Morgan fingerprint density at radius 1 is 0.478 bits per heavy atom. The second-order valence-corrected chi connectivity index (χ2v) is 20.0. The summed E-state index contributed by atoms with van der Waals surface area (Å²) in [4.78, 5) is 23.0. The lowest BCUT2D eigenvalue weighted by Gasteiger charge is -2.24. The molecule has 0 bridgehead atoms. The Morgan fingerprint density at radius 2 is 0.866 bits per heavy atom. The number of carbonyl (C=O) groups excluding carboxylic acids is 1. The normalized spacial score (nSPS) is 14.4. The fourth-order valence-electron chi connectivity index (χ4n) is 6.74. The number of esters is 1. The minimum Gasteiger partial charge on any atom is -0.457 e. The largest absolute Gasteiger partial charge is 0.472 e. The zero-order chi connectivity index (χ0) is 49.0. The van der Waals surface area contributed by atoms with E-state index in [1.165, 1.54) is 70.6 Å². The minimum absolute atomic E-state index is 0.0744. The lowest BCUT2D eigenvalue weighted by molar-refractivity contribution is -0.870. The van der Waals surface area contributed by atoms with E-state index in [0.29, 0.717) is 17.6 Å². The molecule has 384 valence electrons. The van der Waals surface area contributed by atoms with Crippen LogP contribution in [0.25, 0.3) is 0 Å². The van der Waals surface area contributed by atoms with E-state index >= 15 is 0 Å². The predicted molar refractivity (Wildman–Crippen MR) is 288 cm³/mol. The predicted octanol–water partition coefficient (Wildman–Crippen LogP) is 16.7. The summed E-state index contributed by atoms with van der Waals surface area (Å²) in [7, 11) is 1.62. The van der Waals surface area contributed by atoms with Gasteiger partial charge in [-0.05, 0) is 103 Å². The first-order valence-corrected chi connectivity index (χ1v) is 28.1. The van der Waals surface area contributed by atoms with Gasteiger partial charge in [0.05, 0.1) is 34.4 Å². The lowest BCUT2D eigenvalue weighted by atomic mass is 10.1. The van der Waals surface area contributed by atoms with Gasteiger partial charge in [0, 0.05) is 13.0 Å². The quantitative estimate of drug-likeness (QED) is 0.0214. The van der Waals surface area contributed by atoms with Gasteiger partial charge in [0.2, 0.25) is 0 Å². The first kappa shape index (κ1) is 64.2. The van der Waals surface area contributed by atoms with Crippen LogP contribution < -0.4 is 0 Å². The summed E-state index contributed by atoms with van der Waals surface area (Å²) in [6.45, 7) is 5.42. The number of hydrogen-bond donors (Lipinski definition) is 1. The monoisotopic (exact) mass is 955 g/mol. The summed E-state index contributed by atoms with van der Waals surface area (Å²) in [5.41, 5.74) is 0. The number of ether oxygens (including phenoxy) is 2. The topological polar surface area (TPSA) is 91.3 Å². The van der Waals surface area contributed by atoms with E-state index < -0.39 is 13.9 Å². The van der Waals surface area contributed by atoms with Gasteiger partial charge in [-0.25, -0.2) is 4.57 Å². The minimum atomic E-state index is -4.30. The van der Waals surface area contributed by atoms with Crippen molar-refractivity contribution in [1.29, 1.82) is 0 Å². The van der Waals surface area contributed by atoms with E-state index in [1.54, 1.807) is 0 Å². The molecule has 0 aliphatic rings. The van der Waals surface area contributed by atoms with Crippen molar-refractivity contribution in [2.45, 2.75) is 200 Å². The summed E-state index contributed by atoms with van der Waals surface area (Å²) >= 11 is 0. The number of rotatable bonds is 48. The van der Waals surface area contributed by atoms with Crippen molar-refractivity contribution < 1.29 is 37.3 Å². The van der Waals surface area contributed by atoms with Crippen LogP contribution in [-0.4, -0.2) is 75.6 Å². The molecule has 0 aromatic rings. The van der Waals surface area contributed by atoms with Gasteiger partial charge in [0.15, 0.2) is 0 Å². The summed E-state index contributed by atoms with van der Waals surface area (Å²) in [6.07, 6.45) is 69.9. The molecule has 8 nitrogen and oxygen atoms in total. The molecular weight excluding hydrogens is 854 g/mol. The van der Waals surface area contributed by atoms with Gasteiger partial charge in [-0.1, -0.05) is 194 Å². The molecule has 67 heavy (non-hydrogen) atoms. The van der Waals surface area contributed by atoms with Gasteiger partial charge >= 0.3 is 13.8 Å². The van der Waals surface area contributed by atoms with E-state index in [1.807, 2.05) is 21.1 Å². The van der Waals surface area contributed by atoms with Crippen molar-refractivity contribution in [3.8, 4) is 0 Å². The summed E-state index contributed by atoms with van der Waals surface area (Å²) in [6, 6.07) is 0. The van der Waals surface area contributed by atoms with Gasteiger partial charge in [-0.15, -0.1) is 0 Å². The molecule has 0 heterocycles. The standard InChI is InChI=1S/C58H100NO7P/c1-6-8-10-12-14-16-18-20-22-24-26-28-30-31-33-35-37-39-41-43-45-47-49-51-58(60)66-57(56-65-67(61,62)64-54-52-59(3,4)5)55-63-53-50-48-46-44-42-40-38-36-34-32-29-27-25-23-21-19-17-15-13-11-9-7-2/h8,10,14,16,19-22,25-28,31-34,37,39,57H,6-7,9,11-13,15,17-18,23-24,29-30,35-36,38,40-56H2,1-5H3/p+1/b10-8-,16-14-,21-19-,22-20-,27-25-,28-26-,33-31-,34-32-,39-37-. The molecule has 0 aliphatic heterocycles. The molecule has 0 saturated carbocycles. The van der Waals surface area contributed by atoms with Gasteiger partial charge < -0.3 is 18.9 Å². The Hall–Kier alpha value is -2.84. The second-order valence-electron chi connectivity index (χ2n) is 18.5. The lowest BCUT2D eigenvalue weighted by Crippen LogP contribution is -2.37. The molecule has 0 rings (SSSR count). The third kappa shape index (κ3) is 54.0. The summed E-state index contributed by atoms with van der Waals surface area (Å²) in [5, 5.41) is 0. The van der Waals surface area contributed by atoms with E-state index in [4.69, 9.17) is 18.5 Å². The fraction of sp³-hybridized carbons (Fsp3) is 0.672. The van der Waals surface area contributed by atoms with Crippen LogP contribution in [0.1, 0.15) is 194 Å². The molecule has 2 atom stereocenters. The highest BCUT2D eigenvalue weighted by Crippen LogP contribution is 2.43. The SMILES string of the molecule is CC/C=C\C/C=C\C/C=C\C/C=C\C/C=C\C/C=C\CCCCCCC(=O)OC(COCCCCCCCCC/C=C\C/C=C\C/C=C\CCCCCCC)COP(=O)(O)OCC[N+](C)(C)C. The molecule has 0 fully saturated rings. The Kier molecular flexibility index (Phi) is 47.5. The molecule has 0 aliphatic carbocycles. The average Bonchev–Trinajstić information content (AvgIpc) is 3.29. The smallest absolute Gasteiger partial charge is 0.457 e. The third-order valence-electron chi connectivity index (χ3n) is 10.8. The highest BCUT2D eigenvalue weighted by atomic mass is 31.2. The Bertz CT molecular complexity index is 1430. The summed E-state index contributed by atoms with van der Waals surface area (Å²) in [5.74, 6) is -0.345. The Labute approximate surface area is 412 Å². The van der Waals surface area contributed by atoms with E-state index in [-0.39, 0.29) is 32.2 Å². The van der Waals surface area contributed by atoms with Crippen molar-refractivity contribution >= 4 is 13.8 Å². The van der Waals surface area contributed by atoms with Crippen molar-refractivity contribution in [3.05, 3.63) is 109 Å². The highest BCUT2D eigenvalue weighted by molar-refractivity contribution is 7.47. The number of nitrogens with zero attached hydrogens (tertiary/aromatic N) is 1.